The van der Waals surface area contributed by atoms with Gasteiger partial charge in [0.15, 0.2) is 0 Å². The van der Waals surface area contributed by atoms with E-state index in [1.54, 1.807) is 38.1 Å². The first-order valence-electron chi connectivity index (χ1n) is 5.82. The summed E-state index contributed by atoms with van der Waals surface area (Å²) in [5.74, 6) is 0. The van der Waals surface area contributed by atoms with Crippen LogP contribution in [0.2, 0.25) is 0 Å². The number of sulfonamides is 1. The summed E-state index contributed by atoms with van der Waals surface area (Å²) in [6, 6.07) is 8.14. The van der Waals surface area contributed by atoms with Gasteiger partial charge in [-0.15, -0.1) is 0 Å². The van der Waals surface area contributed by atoms with Gasteiger partial charge in [-0.05, 0) is 59.6 Å². The van der Waals surface area contributed by atoms with Crippen molar-refractivity contribution < 1.29 is 8.42 Å². The molecule has 0 bridgehead atoms. The monoisotopic (exact) mass is 355 g/mol. The molecule has 7 heteroatoms. The lowest BCUT2D eigenvalue weighted by atomic mass is 10.2. The highest BCUT2D eigenvalue weighted by molar-refractivity contribution is 9.10. The van der Waals surface area contributed by atoms with Crippen LogP contribution in [0.4, 0.5) is 11.4 Å². The number of hydrogen-bond donors (Lipinski definition) is 2. The summed E-state index contributed by atoms with van der Waals surface area (Å²) in [6.07, 6.45) is 0. The number of nitrogens with zero attached hydrogens (tertiary/aromatic N) is 1. The Kier molecular flexibility index (Phi) is 4.01. The van der Waals surface area contributed by atoms with E-state index >= 15 is 0 Å². The molecule has 2 aromatic rings. The maximum Gasteiger partial charge on any atom is 0.262 e. The standard InChI is InChI=1S/C13H14BrN3O2S/c1-8-10(15)4-3-5-12(8)20(18,19)17-11-6-7-13(14)16-9(11)2/h3-7,17H,15H2,1-2H3. The lowest BCUT2D eigenvalue weighted by Gasteiger charge is -2.13. The Balaban J connectivity index is 2.44. The van der Waals surface area contributed by atoms with Crippen LogP contribution < -0.4 is 10.5 Å². The summed E-state index contributed by atoms with van der Waals surface area (Å²) in [7, 11) is -3.69. The summed E-state index contributed by atoms with van der Waals surface area (Å²) >= 11 is 3.24. The SMILES string of the molecule is Cc1nc(Br)ccc1NS(=O)(=O)c1cccc(N)c1C. The number of rotatable bonds is 3. The fraction of sp³-hybridized carbons (Fsp3) is 0.154. The number of nitrogen functional groups attached to an aromatic ring is 1. The minimum atomic E-state index is -3.69. The zero-order valence-electron chi connectivity index (χ0n) is 11.0. The molecule has 1 heterocycles. The zero-order valence-corrected chi connectivity index (χ0v) is 13.4. The molecule has 0 unspecified atom stereocenters. The van der Waals surface area contributed by atoms with E-state index in [9.17, 15) is 8.42 Å². The van der Waals surface area contributed by atoms with Crippen LogP contribution in [0.1, 0.15) is 11.3 Å². The Bertz CT molecular complexity index is 760. The van der Waals surface area contributed by atoms with Gasteiger partial charge in [0.25, 0.3) is 10.0 Å². The number of benzene rings is 1. The zero-order chi connectivity index (χ0) is 14.9. The molecular weight excluding hydrogens is 342 g/mol. The maximum atomic E-state index is 12.4. The molecule has 0 saturated heterocycles. The number of nitrogens with two attached hydrogens (primary N) is 1. The Morgan fingerprint density at radius 1 is 1.20 bits per heavy atom. The Morgan fingerprint density at radius 2 is 1.90 bits per heavy atom. The molecule has 1 aromatic carbocycles. The molecule has 3 N–H and O–H groups in total. The second-order valence-corrected chi connectivity index (χ2v) is 6.81. The van der Waals surface area contributed by atoms with Crippen molar-refractivity contribution in [1.29, 1.82) is 0 Å². The molecule has 0 fully saturated rings. The van der Waals surface area contributed by atoms with Crippen LogP contribution in [0.25, 0.3) is 0 Å². The molecule has 1 aromatic heterocycles. The second kappa shape index (κ2) is 5.41. The maximum absolute atomic E-state index is 12.4. The van der Waals surface area contributed by atoms with Crippen molar-refractivity contribution in [2.24, 2.45) is 0 Å². The third-order valence-corrected chi connectivity index (χ3v) is 4.86. The quantitative estimate of drug-likeness (QED) is 0.654. The molecule has 106 valence electrons. The lowest BCUT2D eigenvalue weighted by molar-refractivity contribution is 0.600. The smallest absolute Gasteiger partial charge is 0.262 e. The first kappa shape index (κ1) is 14.8. The van der Waals surface area contributed by atoms with E-state index in [0.29, 0.717) is 27.2 Å². The first-order valence-corrected chi connectivity index (χ1v) is 8.10. The van der Waals surface area contributed by atoms with E-state index in [4.69, 9.17) is 5.73 Å². The number of nitrogens with one attached hydrogen (secondary N) is 1. The predicted octanol–water partition coefficient (Wildman–Crippen LogP) is 2.84. The number of aromatic nitrogens is 1. The van der Waals surface area contributed by atoms with Crippen molar-refractivity contribution in [1.82, 2.24) is 4.98 Å². The summed E-state index contributed by atoms with van der Waals surface area (Å²) in [4.78, 5) is 4.32. The fourth-order valence-corrected chi connectivity index (χ4v) is 3.55. The van der Waals surface area contributed by atoms with Gasteiger partial charge in [0, 0.05) is 5.69 Å². The third-order valence-electron chi connectivity index (χ3n) is 2.91. The van der Waals surface area contributed by atoms with Crippen LogP contribution >= 0.6 is 15.9 Å². The minimum absolute atomic E-state index is 0.166. The number of hydrogen-bond acceptors (Lipinski definition) is 4. The van der Waals surface area contributed by atoms with Crippen molar-refractivity contribution in [2.75, 3.05) is 10.5 Å². The minimum Gasteiger partial charge on any atom is -0.398 e. The van der Waals surface area contributed by atoms with Crippen LogP contribution in [0.3, 0.4) is 0 Å². The number of pyridine rings is 1. The summed E-state index contributed by atoms with van der Waals surface area (Å²) in [5, 5.41) is 0. The van der Waals surface area contributed by atoms with Gasteiger partial charge in [0.1, 0.15) is 4.60 Å². The molecule has 0 aliphatic heterocycles. The van der Waals surface area contributed by atoms with E-state index in [1.807, 2.05) is 0 Å². The Morgan fingerprint density at radius 3 is 2.55 bits per heavy atom. The van der Waals surface area contributed by atoms with E-state index < -0.39 is 10.0 Å². The van der Waals surface area contributed by atoms with Crippen molar-refractivity contribution in [3.05, 3.63) is 46.2 Å². The molecule has 0 spiro atoms. The van der Waals surface area contributed by atoms with Crippen LogP contribution in [-0.2, 0) is 10.0 Å². The van der Waals surface area contributed by atoms with Crippen LogP contribution in [0.5, 0.6) is 0 Å². The van der Waals surface area contributed by atoms with Gasteiger partial charge in [0.2, 0.25) is 0 Å². The molecular formula is C13H14BrN3O2S. The molecule has 0 radical (unpaired) electrons. The van der Waals surface area contributed by atoms with E-state index in [1.165, 1.54) is 6.07 Å². The summed E-state index contributed by atoms with van der Waals surface area (Å²) in [6.45, 7) is 3.41. The topological polar surface area (TPSA) is 85.1 Å². The van der Waals surface area contributed by atoms with Crippen molar-refractivity contribution in [2.45, 2.75) is 18.7 Å². The third kappa shape index (κ3) is 2.94. The molecule has 0 saturated carbocycles. The predicted molar refractivity (Wildman–Crippen MR) is 83.1 cm³/mol. The van der Waals surface area contributed by atoms with Gasteiger partial charge in [-0.3, -0.25) is 4.72 Å². The molecule has 2 rings (SSSR count). The van der Waals surface area contributed by atoms with Crippen molar-refractivity contribution >= 4 is 37.3 Å². The van der Waals surface area contributed by atoms with Gasteiger partial charge >= 0.3 is 0 Å². The molecule has 0 amide bonds. The molecule has 0 aliphatic rings. The highest BCUT2D eigenvalue weighted by Crippen LogP contribution is 2.24. The van der Waals surface area contributed by atoms with E-state index in [-0.39, 0.29) is 4.90 Å². The average molecular weight is 356 g/mol. The molecule has 0 aliphatic carbocycles. The summed E-state index contributed by atoms with van der Waals surface area (Å²) < 4.78 is 28.0. The average Bonchev–Trinajstić information content (AvgIpc) is 2.36. The van der Waals surface area contributed by atoms with Gasteiger partial charge in [-0.25, -0.2) is 13.4 Å². The van der Waals surface area contributed by atoms with E-state index in [0.717, 1.165) is 0 Å². The number of aryl methyl sites for hydroxylation is 1. The van der Waals surface area contributed by atoms with Crippen molar-refractivity contribution in [3.8, 4) is 0 Å². The van der Waals surface area contributed by atoms with Gasteiger partial charge in [-0.2, -0.15) is 0 Å². The van der Waals surface area contributed by atoms with Gasteiger partial charge < -0.3 is 5.73 Å². The highest BCUT2D eigenvalue weighted by Gasteiger charge is 2.19. The van der Waals surface area contributed by atoms with Gasteiger partial charge in [-0.1, -0.05) is 6.07 Å². The number of halogens is 1. The lowest BCUT2D eigenvalue weighted by Crippen LogP contribution is -2.16. The highest BCUT2D eigenvalue weighted by atomic mass is 79.9. The fourth-order valence-electron chi connectivity index (χ4n) is 1.76. The molecule has 20 heavy (non-hydrogen) atoms. The normalized spacial score (nSPS) is 11.3. The summed E-state index contributed by atoms with van der Waals surface area (Å²) in [5.41, 5.74) is 7.75. The van der Waals surface area contributed by atoms with Crippen LogP contribution in [0, 0.1) is 13.8 Å². The van der Waals surface area contributed by atoms with Crippen LogP contribution in [0.15, 0.2) is 39.8 Å². The second-order valence-electron chi connectivity index (χ2n) is 4.34. The largest absolute Gasteiger partial charge is 0.398 e. The first-order chi connectivity index (χ1) is 9.31. The molecule has 0 atom stereocenters. The van der Waals surface area contributed by atoms with Gasteiger partial charge in [0.05, 0.1) is 16.3 Å². The molecule has 5 nitrogen and oxygen atoms in total. The Labute approximate surface area is 126 Å². The van der Waals surface area contributed by atoms with Crippen LogP contribution in [-0.4, -0.2) is 13.4 Å². The Hall–Kier alpha value is -1.60. The van der Waals surface area contributed by atoms with E-state index in [2.05, 4.69) is 25.6 Å². The number of anilines is 2. The van der Waals surface area contributed by atoms with Crippen molar-refractivity contribution in [3.63, 3.8) is 0 Å².